The number of amides is 4. The molecule has 4 heterocycles. The monoisotopic (exact) mass is 737 g/mol. The van der Waals surface area contributed by atoms with Crippen molar-refractivity contribution >= 4 is 57.6 Å². The van der Waals surface area contributed by atoms with Crippen molar-refractivity contribution in [2.24, 2.45) is 11.5 Å². The lowest BCUT2D eigenvalue weighted by Gasteiger charge is -2.12. The number of imidazole rings is 2. The third-order valence-electron chi connectivity index (χ3n) is 8.45. The Bertz CT molecular complexity index is 2450. The zero-order chi connectivity index (χ0) is 38.7. The van der Waals surface area contributed by atoms with E-state index in [0.29, 0.717) is 58.0 Å². The van der Waals surface area contributed by atoms with Crippen LogP contribution in [0.2, 0.25) is 0 Å². The first-order chi connectivity index (χ1) is 25.9. The summed E-state index contributed by atoms with van der Waals surface area (Å²) in [5.41, 5.74) is 14.8. The van der Waals surface area contributed by atoms with E-state index < -0.39 is 23.6 Å². The van der Waals surface area contributed by atoms with E-state index in [-0.39, 0.29) is 60.8 Å². The molecule has 280 valence electrons. The number of aryl methyl sites for hydroxylation is 4. The van der Waals surface area contributed by atoms with Crippen LogP contribution in [0.5, 0.6) is 5.75 Å². The minimum absolute atomic E-state index is 0.0388. The van der Waals surface area contributed by atoms with Crippen LogP contribution in [-0.2, 0) is 26.1 Å². The number of rotatable bonds is 15. The van der Waals surface area contributed by atoms with Gasteiger partial charge in [-0.1, -0.05) is 19.1 Å². The van der Waals surface area contributed by atoms with E-state index >= 15 is 0 Å². The molecule has 0 aliphatic rings. The Balaban J connectivity index is 1.37. The van der Waals surface area contributed by atoms with Gasteiger partial charge in [0.1, 0.15) is 23.6 Å². The Hall–Kier alpha value is -6.82. The molecule has 4 amide bonds. The van der Waals surface area contributed by atoms with Crippen LogP contribution in [0.4, 0.5) is 11.9 Å². The van der Waals surface area contributed by atoms with Crippen molar-refractivity contribution in [3.63, 3.8) is 0 Å². The van der Waals surface area contributed by atoms with Gasteiger partial charge in [-0.15, -0.1) is 0 Å². The number of anilines is 2. The van der Waals surface area contributed by atoms with Gasteiger partial charge in [0, 0.05) is 37.7 Å². The van der Waals surface area contributed by atoms with Crippen molar-refractivity contribution in [2.75, 3.05) is 23.8 Å². The molecule has 6 aromatic rings. The number of primary amides is 2. The molecular weight excluding hydrogens is 698 g/mol. The van der Waals surface area contributed by atoms with Gasteiger partial charge in [0.05, 0.1) is 34.5 Å². The SMILES string of the molecule is CCc1nc(C)oc1C(=O)Nc1nc2cc(C(N)=O)cc(OCCO)c2n1CC=CCn1c(NC(=O)c2cc(C)nn2CC)nc2cc(C(N)=O)ccc21. The quantitative estimate of drug-likeness (QED) is 0.0957. The van der Waals surface area contributed by atoms with Gasteiger partial charge in [-0.2, -0.15) is 5.10 Å². The Labute approximate surface area is 307 Å². The van der Waals surface area contributed by atoms with E-state index in [1.54, 1.807) is 58.0 Å². The van der Waals surface area contributed by atoms with Crippen LogP contribution >= 0.6 is 0 Å². The van der Waals surface area contributed by atoms with Crippen LogP contribution in [0.1, 0.15) is 72.9 Å². The summed E-state index contributed by atoms with van der Waals surface area (Å²) in [6.07, 6.45) is 4.07. The summed E-state index contributed by atoms with van der Waals surface area (Å²) in [6, 6.07) is 9.43. The summed E-state index contributed by atoms with van der Waals surface area (Å²) >= 11 is 0. The van der Waals surface area contributed by atoms with Gasteiger partial charge in [0.15, 0.2) is 5.89 Å². The number of nitrogens with two attached hydrogens (primary N) is 2. The summed E-state index contributed by atoms with van der Waals surface area (Å²) in [6.45, 7) is 7.60. The van der Waals surface area contributed by atoms with Crippen LogP contribution in [0.15, 0.2) is 53.0 Å². The van der Waals surface area contributed by atoms with Crippen molar-refractivity contribution in [1.29, 1.82) is 0 Å². The van der Waals surface area contributed by atoms with Gasteiger partial charge in [0.2, 0.25) is 29.5 Å². The second-order valence-electron chi connectivity index (χ2n) is 12.2. The standard InChI is InChI=1S/C36H39N11O7/c1-5-23-30(54-20(4)39-23)34(52)43-36-41-25-17-22(32(38)50)18-28(53-14-13-48)29(25)46(36)12-8-7-11-45-26-10-9-21(31(37)49)16-24(26)40-35(45)42-33(51)27-15-19(3)44-47(27)6-2/h7-10,15-18,48H,5-6,11-14H2,1-4H3,(H2,37,49)(H2,38,50)(H,40,42,51)(H,41,43,52). The van der Waals surface area contributed by atoms with Gasteiger partial charge in [-0.3, -0.25) is 34.5 Å². The Morgan fingerprint density at radius 1 is 0.870 bits per heavy atom. The molecule has 0 saturated heterocycles. The lowest BCUT2D eigenvalue weighted by atomic mass is 10.1. The molecule has 0 fully saturated rings. The molecule has 0 radical (unpaired) electrons. The maximum Gasteiger partial charge on any atom is 0.295 e. The van der Waals surface area contributed by atoms with Gasteiger partial charge in [-0.25, -0.2) is 15.0 Å². The summed E-state index contributed by atoms with van der Waals surface area (Å²) < 4.78 is 16.4. The van der Waals surface area contributed by atoms with Crippen LogP contribution in [0, 0.1) is 13.8 Å². The van der Waals surface area contributed by atoms with Crippen molar-refractivity contribution in [3.05, 3.63) is 88.4 Å². The molecule has 0 saturated carbocycles. The third kappa shape index (κ3) is 7.40. The van der Waals surface area contributed by atoms with Crippen molar-refractivity contribution in [1.82, 2.24) is 33.9 Å². The first kappa shape index (κ1) is 37.0. The number of allylic oxidation sites excluding steroid dienone is 2. The fourth-order valence-electron chi connectivity index (χ4n) is 6.01. The average Bonchev–Trinajstić information content (AvgIpc) is 3.90. The summed E-state index contributed by atoms with van der Waals surface area (Å²) in [4.78, 5) is 64.6. The lowest BCUT2D eigenvalue weighted by Crippen LogP contribution is -2.19. The highest BCUT2D eigenvalue weighted by molar-refractivity contribution is 6.05. The van der Waals surface area contributed by atoms with Crippen LogP contribution in [0.3, 0.4) is 0 Å². The smallest absolute Gasteiger partial charge is 0.295 e. The molecule has 0 bridgehead atoms. The fourth-order valence-corrected chi connectivity index (χ4v) is 6.01. The number of fused-ring (bicyclic) bond motifs is 2. The zero-order valence-corrected chi connectivity index (χ0v) is 30.0. The minimum atomic E-state index is -0.719. The summed E-state index contributed by atoms with van der Waals surface area (Å²) in [7, 11) is 0. The predicted molar refractivity (Wildman–Crippen MR) is 197 cm³/mol. The van der Waals surface area contributed by atoms with Crippen LogP contribution < -0.4 is 26.8 Å². The molecule has 2 aromatic carbocycles. The van der Waals surface area contributed by atoms with Gasteiger partial charge in [-0.05, 0) is 56.7 Å². The molecule has 0 aliphatic carbocycles. The molecule has 18 nitrogen and oxygen atoms in total. The van der Waals surface area contributed by atoms with Gasteiger partial charge >= 0.3 is 0 Å². The van der Waals surface area contributed by atoms with E-state index in [2.05, 4.69) is 30.7 Å². The van der Waals surface area contributed by atoms with Crippen LogP contribution in [-0.4, -0.2) is 75.8 Å². The number of benzene rings is 2. The lowest BCUT2D eigenvalue weighted by molar-refractivity contribution is 0.0987. The minimum Gasteiger partial charge on any atom is -0.489 e. The van der Waals surface area contributed by atoms with E-state index in [1.807, 2.05) is 19.9 Å². The van der Waals surface area contributed by atoms with E-state index in [0.717, 1.165) is 0 Å². The van der Waals surface area contributed by atoms with Gasteiger partial charge < -0.3 is 34.9 Å². The highest BCUT2D eigenvalue weighted by atomic mass is 16.5. The molecule has 54 heavy (non-hydrogen) atoms. The fraction of sp³-hybridized carbons (Fsp3) is 0.278. The number of ether oxygens (including phenoxy) is 1. The number of nitrogens with one attached hydrogen (secondary N) is 2. The molecule has 0 spiro atoms. The summed E-state index contributed by atoms with van der Waals surface area (Å²) in [5.74, 6) is -1.44. The van der Waals surface area contributed by atoms with E-state index in [1.165, 1.54) is 12.1 Å². The van der Waals surface area contributed by atoms with Crippen molar-refractivity contribution in [3.8, 4) is 5.75 Å². The summed E-state index contributed by atoms with van der Waals surface area (Å²) in [5, 5.41) is 19.6. The second kappa shape index (κ2) is 15.4. The first-order valence-corrected chi connectivity index (χ1v) is 17.1. The molecule has 0 atom stereocenters. The highest BCUT2D eigenvalue weighted by Gasteiger charge is 2.24. The van der Waals surface area contributed by atoms with Crippen LogP contribution in [0.25, 0.3) is 22.1 Å². The number of carbonyl (C=O) groups excluding carboxylic acids is 4. The molecule has 18 heteroatoms. The maximum atomic E-state index is 13.5. The number of aliphatic hydroxyl groups excluding tert-OH is 1. The normalized spacial score (nSPS) is 11.5. The number of hydrogen-bond acceptors (Lipinski definition) is 11. The molecular formula is C36H39N11O7. The molecule has 4 aromatic heterocycles. The Morgan fingerprint density at radius 2 is 1.54 bits per heavy atom. The van der Waals surface area contributed by atoms with Crippen molar-refractivity contribution < 1.29 is 33.4 Å². The number of nitrogens with zero attached hydrogens (tertiary/aromatic N) is 7. The molecule has 6 rings (SSSR count). The van der Waals surface area contributed by atoms with Crippen molar-refractivity contribution in [2.45, 2.75) is 53.8 Å². The molecule has 0 aliphatic heterocycles. The first-order valence-electron chi connectivity index (χ1n) is 17.1. The number of aliphatic hydroxyl groups is 1. The van der Waals surface area contributed by atoms with E-state index in [9.17, 15) is 24.3 Å². The highest BCUT2D eigenvalue weighted by Crippen LogP contribution is 2.32. The number of carbonyl (C=O) groups is 4. The maximum absolute atomic E-state index is 13.5. The third-order valence-corrected chi connectivity index (χ3v) is 8.45. The van der Waals surface area contributed by atoms with E-state index in [4.69, 9.17) is 20.6 Å². The zero-order valence-electron chi connectivity index (χ0n) is 30.0. The Morgan fingerprint density at radius 3 is 2.22 bits per heavy atom. The Kier molecular flexibility index (Phi) is 10.6. The molecule has 7 N–H and O–H groups in total. The average molecular weight is 738 g/mol. The largest absolute Gasteiger partial charge is 0.489 e. The topological polar surface area (TPSA) is 253 Å². The number of aromatic nitrogens is 7. The molecule has 0 unspecified atom stereocenters. The second-order valence-corrected chi connectivity index (χ2v) is 12.2. The van der Waals surface area contributed by atoms with Gasteiger partial charge in [0.25, 0.3) is 11.8 Å². The number of hydrogen-bond donors (Lipinski definition) is 5. The number of oxazole rings is 1. The predicted octanol–water partition coefficient (Wildman–Crippen LogP) is 3.10.